The van der Waals surface area contributed by atoms with Crippen molar-refractivity contribution in [2.75, 3.05) is 19.0 Å². The van der Waals surface area contributed by atoms with Crippen LogP contribution in [0.1, 0.15) is 10.4 Å². The van der Waals surface area contributed by atoms with E-state index >= 15 is 0 Å². The van der Waals surface area contributed by atoms with E-state index in [1.807, 2.05) is 0 Å². The molecular formula is C10H10FNO3. The summed E-state index contributed by atoms with van der Waals surface area (Å²) in [6, 6.07) is 3.46. The van der Waals surface area contributed by atoms with Crippen molar-refractivity contribution in [1.82, 2.24) is 0 Å². The first-order valence-electron chi connectivity index (χ1n) is 4.18. The summed E-state index contributed by atoms with van der Waals surface area (Å²) in [5.41, 5.74) is 0.233. The fraction of sp³-hybridized carbons (Fsp3) is 0.200. The Kier molecular flexibility index (Phi) is 3.04. The van der Waals surface area contributed by atoms with Gasteiger partial charge in [-0.2, -0.15) is 0 Å². The van der Waals surface area contributed by atoms with Crippen LogP contribution in [-0.2, 0) is 4.79 Å². The molecule has 0 saturated heterocycles. The van der Waals surface area contributed by atoms with E-state index in [0.717, 1.165) is 6.07 Å². The third kappa shape index (κ3) is 2.31. The number of aliphatic carboxylic acids is 1. The molecule has 0 aliphatic heterocycles. The monoisotopic (exact) mass is 211 g/mol. The molecule has 0 fully saturated rings. The molecule has 1 N–H and O–H groups in total. The summed E-state index contributed by atoms with van der Waals surface area (Å²) in [4.78, 5) is 23.3. The number of benzene rings is 1. The molecule has 1 aromatic carbocycles. The second kappa shape index (κ2) is 4.08. The summed E-state index contributed by atoms with van der Waals surface area (Å²) in [5.74, 6) is -3.34. The second-order valence-electron chi connectivity index (χ2n) is 3.19. The Morgan fingerprint density at radius 2 is 1.93 bits per heavy atom. The number of hydrogen-bond acceptors (Lipinski definition) is 3. The second-order valence-corrected chi connectivity index (χ2v) is 3.19. The lowest BCUT2D eigenvalue weighted by Crippen LogP contribution is -2.19. The maximum Gasteiger partial charge on any atom is 0.377 e. The topological polar surface area (TPSA) is 57.6 Å². The Morgan fingerprint density at radius 3 is 2.40 bits per heavy atom. The van der Waals surface area contributed by atoms with Crippen LogP contribution in [0.2, 0.25) is 0 Å². The van der Waals surface area contributed by atoms with Crippen molar-refractivity contribution in [3.63, 3.8) is 0 Å². The molecule has 0 aliphatic carbocycles. The predicted molar refractivity (Wildman–Crippen MR) is 52.7 cm³/mol. The largest absolute Gasteiger partial charge is 0.475 e. The van der Waals surface area contributed by atoms with E-state index in [4.69, 9.17) is 5.11 Å². The number of nitrogens with zero attached hydrogens (tertiary/aromatic N) is 1. The minimum Gasteiger partial charge on any atom is -0.475 e. The molecule has 0 unspecified atom stereocenters. The van der Waals surface area contributed by atoms with E-state index in [9.17, 15) is 14.0 Å². The molecule has 4 nitrogen and oxygen atoms in total. The van der Waals surface area contributed by atoms with Gasteiger partial charge in [-0.15, -0.1) is 0 Å². The average molecular weight is 211 g/mol. The van der Waals surface area contributed by atoms with Crippen LogP contribution in [-0.4, -0.2) is 31.0 Å². The Labute approximate surface area is 85.9 Å². The quantitative estimate of drug-likeness (QED) is 0.602. The minimum absolute atomic E-state index is 0.146. The van der Waals surface area contributed by atoms with Crippen LogP contribution >= 0.6 is 0 Å². The van der Waals surface area contributed by atoms with Crippen molar-refractivity contribution < 1.29 is 19.1 Å². The number of carbonyl (C=O) groups excluding carboxylic acids is 1. The van der Waals surface area contributed by atoms with Crippen molar-refractivity contribution in [2.45, 2.75) is 0 Å². The predicted octanol–water partition coefficient (Wildman–Crippen LogP) is 1.16. The first kappa shape index (κ1) is 11.2. The fourth-order valence-electron chi connectivity index (χ4n) is 1.20. The van der Waals surface area contributed by atoms with E-state index in [1.54, 1.807) is 19.0 Å². The molecule has 0 saturated carbocycles. The van der Waals surface area contributed by atoms with Crippen LogP contribution in [0.3, 0.4) is 0 Å². The molecule has 15 heavy (non-hydrogen) atoms. The summed E-state index contributed by atoms with van der Waals surface area (Å²) < 4.78 is 12.9. The summed E-state index contributed by atoms with van der Waals surface area (Å²) in [7, 11) is 3.29. The lowest BCUT2D eigenvalue weighted by molar-refractivity contribution is -0.131. The Bertz CT molecular complexity index is 415. The number of anilines is 1. The molecule has 0 radical (unpaired) electrons. The van der Waals surface area contributed by atoms with Gasteiger partial charge in [-0.3, -0.25) is 4.79 Å². The van der Waals surface area contributed by atoms with Gasteiger partial charge in [-0.25, -0.2) is 9.18 Å². The Balaban J connectivity index is 3.30. The number of Topliss-reactive ketones (excluding diaryl/α,β-unsaturated/α-hetero) is 1. The van der Waals surface area contributed by atoms with Gasteiger partial charge < -0.3 is 10.0 Å². The van der Waals surface area contributed by atoms with Gasteiger partial charge in [0.15, 0.2) is 0 Å². The van der Waals surface area contributed by atoms with Gasteiger partial charge in [0.05, 0.1) is 5.56 Å². The molecule has 80 valence electrons. The van der Waals surface area contributed by atoms with Crippen LogP contribution in [0, 0.1) is 5.82 Å². The zero-order chi connectivity index (χ0) is 11.6. The smallest absolute Gasteiger partial charge is 0.377 e. The third-order valence-corrected chi connectivity index (χ3v) is 1.88. The lowest BCUT2D eigenvalue weighted by atomic mass is 10.1. The van der Waals surface area contributed by atoms with Crippen molar-refractivity contribution in [1.29, 1.82) is 0 Å². The average Bonchev–Trinajstić information content (AvgIpc) is 2.15. The first-order valence-corrected chi connectivity index (χ1v) is 4.18. The maximum absolute atomic E-state index is 12.9. The van der Waals surface area contributed by atoms with Crippen molar-refractivity contribution in [3.05, 3.63) is 29.6 Å². The SMILES string of the molecule is CN(C)c1ccc(F)cc1C(=O)C(=O)O. The van der Waals surface area contributed by atoms with Crippen LogP contribution in [0.15, 0.2) is 18.2 Å². The van der Waals surface area contributed by atoms with Crippen LogP contribution in [0.5, 0.6) is 0 Å². The van der Waals surface area contributed by atoms with Crippen molar-refractivity contribution in [3.8, 4) is 0 Å². The summed E-state index contributed by atoms with van der Waals surface area (Å²) in [6.45, 7) is 0. The van der Waals surface area contributed by atoms with Gasteiger partial charge in [-0.1, -0.05) is 0 Å². The molecule has 0 amide bonds. The highest BCUT2D eigenvalue weighted by atomic mass is 19.1. The van der Waals surface area contributed by atoms with Gasteiger partial charge in [0.2, 0.25) is 0 Å². The van der Waals surface area contributed by atoms with E-state index < -0.39 is 17.6 Å². The zero-order valence-corrected chi connectivity index (χ0v) is 8.32. The molecular weight excluding hydrogens is 201 g/mol. The molecule has 0 heterocycles. The van der Waals surface area contributed by atoms with Crippen molar-refractivity contribution >= 4 is 17.4 Å². The van der Waals surface area contributed by atoms with Gasteiger partial charge in [0.25, 0.3) is 5.78 Å². The minimum atomic E-state index is -1.59. The first-order chi connectivity index (χ1) is 6.93. The van der Waals surface area contributed by atoms with Crippen LogP contribution in [0.4, 0.5) is 10.1 Å². The van der Waals surface area contributed by atoms with Crippen molar-refractivity contribution in [2.24, 2.45) is 0 Å². The molecule has 0 aliphatic rings. The fourth-order valence-corrected chi connectivity index (χ4v) is 1.20. The molecule has 1 rings (SSSR count). The number of halogens is 1. The highest BCUT2D eigenvalue weighted by molar-refractivity contribution is 6.41. The summed E-state index contributed by atoms with van der Waals surface area (Å²) >= 11 is 0. The molecule has 0 spiro atoms. The number of carboxylic acids is 1. The maximum atomic E-state index is 12.9. The summed E-state index contributed by atoms with van der Waals surface area (Å²) in [6.07, 6.45) is 0. The van der Waals surface area contributed by atoms with Gasteiger partial charge >= 0.3 is 5.97 Å². The Morgan fingerprint density at radius 1 is 1.33 bits per heavy atom. The molecule has 0 aromatic heterocycles. The number of ketones is 1. The Hall–Kier alpha value is -1.91. The standard InChI is InChI=1S/C10H10FNO3/c1-12(2)8-4-3-6(11)5-7(8)9(13)10(14)15/h3-5H,1-2H3,(H,14,15). The van der Waals surface area contributed by atoms with E-state index in [-0.39, 0.29) is 5.56 Å². The molecule has 0 bridgehead atoms. The molecule has 1 aromatic rings. The van der Waals surface area contributed by atoms with Crippen LogP contribution in [0.25, 0.3) is 0 Å². The van der Waals surface area contributed by atoms with Gasteiger partial charge in [-0.05, 0) is 18.2 Å². The number of rotatable bonds is 3. The van der Waals surface area contributed by atoms with Gasteiger partial charge in [0, 0.05) is 19.8 Å². The summed E-state index contributed by atoms with van der Waals surface area (Å²) in [5, 5.41) is 8.54. The number of carboxylic acid groups (broad SMARTS) is 1. The molecule has 0 atom stereocenters. The van der Waals surface area contributed by atoms with E-state index in [1.165, 1.54) is 12.1 Å². The normalized spacial score (nSPS) is 9.80. The number of hydrogen-bond donors (Lipinski definition) is 1. The van der Waals surface area contributed by atoms with Gasteiger partial charge in [0.1, 0.15) is 5.82 Å². The highest BCUT2D eigenvalue weighted by Gasteiger charge is 2.20. The van der Waals surface area contributed by atoms with E-state index in [2.05, 4.69) is 0 Å². The third-order valence-electron chi connectivity index (χ3n) is 1.88. The van der Waals surface area contributed by atoms with Crippen LogP contribution < -0.4 is 4.90 Å². The number of carbonyl (C=O) groups is 2. The zero-order valence-electron chi connectivity index (χ0n) is 8.32. The van der Waals surface area contributed by atoms with E-state index in [0.29, 0.717) is 5.69 Å². The highest BCUT2D eigenvalue weighted by Crippen LogP contribution is 2.20. The molecule has 5 heteroatoms. The lowest BCUT2D eigenvalue weighted by Gasteiger charge is -2.15.